The molecule has 1 aliphatic rings. The molecule has 0 radical (unpaired) electrons. The predicted molar refractivity (Wildman–Crippen MR) is 125 cm³/mol. The molecule has 1 aliphatic heterocycles. The number of anilines is 4. The molecule has 0 amide bonds. The van der Waals surface area contributed by atoms with E-state index in [1.807, 2.05) is 10.9 Å². The fraction of sp³-hybridized carbons (Fsp3) is 0.292. The number of para-hydroxylation sites is 1. The van der Waals surface area contributed by atoms with Gasteiger partial charge >= 0.3 is 0 Å². The third-order valence-corrected chi connectivity index (χ3v) is 5.83. The van der Waals surface area contributed by atoms with E-state index in [1.54, 1.807) is 24.3 Å². The van der Waals surface area contributed by atoms with Gasteiger partial charge in [0, 0.05) is 30.8 Å². The van der Waals surface area contributed by atoms with Gasteiger partial charge in [0.2, 0.25) is 5.95 Å². The average Bonchev–Trinajstić information content (AvgIpc) is 3.16. The lowest BCUT2D eigenvalue weighted by molar-refractivity contribution is 0.0674. The van der Waals surface area contributed by atoms with E-state index in [4.69, 9.17) is 14.8 Å². The van der Waals surface area contributed by atoms with Crippen molar-refractivity contribution >= 4 is 34.2 Å². The Morgan fingerprint density at radius 2 is 1.72 bits per heavy atom. The molecule has 2 aromatic heterocycles. The molecule has 0 atom stereocenters. The maximum Gasteiger partial charge on any atom is 0.229 e. The Hall–Kier alpha value is -3.65. The molecule has 2 aromatic carbocycles. The van der Waals surface area contributed by atoms with Gasteiger partial charge in [-0.15, -0.1) is 0 Å². The number of ether oxygens (including phenoxy) is 1. The normalized spacial score (nSPS) is 14.6. The maximum atomic E-state index is 9.52. The summed E-state index contributed by atoms with van der Waals surface area (Å²) in [7, 11) is 0. The van der Waals surface area contributed by atoms with Crippen LogP contribution in [0.2, 0.25) is 0 Å². The van der Waals surface area contributed by atoms with Crippen molar-refractivity contribution in [2.24, 2.45) is 0 Å². The summed E-state index contributed by atoms with van der Waals surface area (Å²) in [4.78, 5) is 9.34. The highest BCUT2D eigenvalue weighted by molar-refractivity contribution is 5.90. The average molecular weight is 431 g/mol. The van der Waals surface area contributed by atoms with E-state index in [1.165, 1.54) is 0 Å². The SMILES string of the molecule is Cc1cccc(C)c1Nc1nn(C2CCOCC2)c2nc(Nc3ccc(O)cc3)ncc12. The summed E-state index contributed by atoms with van der Waals surface area (Å²) < 4.78 is 7.57. The first-order valence-corrected chi connectivity index (χ1v) is 10.8. The zero-order chi connectivity index (χ0) is 22.1. The second-order valence-corrected chi connectivity index (χ2v) is 8.13. The van der Waals surface area contributed by atoms with Crippen molar-refractivity contribution in [3.63, 3.8) is 0 Å². The fourth-order valence-electron chi connectivity index (χ4n) is 4.06. The van der Waals surface area contributed by atoms with Crippen molar-refractivity contribution in [3.8, 4) is 5.75 Å². The molecule has 8 nitrogen and oxygen atoms in total. The second kappa shape index (κ2) is 8.47. The Labute approximate surface area is 186 Å². The van der Waals surface area contributed by atoms with E-state index in [0.29, 0.717) is 5.95 Å². The van der Waals surface area contributed by atoms with Crippen LogP contribution < -0.4 is 10.6 Å². The number of rotatable bonds is 5. The van der Waals surface area contributed by atoms with Crippen molar-refractivity contribution in [3.05, 3.63) is 59.8 Å². The van der Waals surface area contributed by atoms with Gasteiger partial charge < -0.3 is 20.5 Å². The summed E-state index contributed by atoms with van der Waals surface area (Å²) in [6, 6.07) is 13.3. The van der Waals surface area contributed by atoms with Gasteiger partial charge in [-0.1, -0.05) is 18.2 Å². The molecule has 0 spiro atoms. The number of phenolic OH excluding ortho intramolecular Hbond substituents is 1. The third kappa shape index (κ3) is 3.97. The molecule has 3 N–H and O–H groups in total. The highest BCUT2D eigenvalue weighted by Gasteiger charge is 2.23. The summed E-state index contributed by atoms with van der Waals surface area (Å²) in [5.74, 6) is 1.45. The smallest absolute Gasteiger partial charge is 0.229 e. The van der Waals surface area contributed by atoms with Crippen LogP contribution in [-0.4, -0.2) is 38.1 Å². The number of hydrogen-bond donors (Lipinski definition) is 3. The van der Waals surface area contributed by atoms with Crippen LogP contribution in [0.5, 0.6) is 5.75 Å². The Kier molecular flexibility index (Phi) is 5.36. The molecule has 4 aromatic rings. The first kappa shape index (κ1) is 20.3. The largest absolute Gasteiger partial charge is 0.508 e. The molecule has 8 heteroatoms. The lowest BCUT2D eigenvalue weighted by Gasteiger charge is -2.22. The number of phenols is 1. The van der Waals surface area contributed by atoms with Gasteiger partial charge in [0.1, 0.15) is 5.75 Å². The van der Waals surface area contributed by atoms with Gasteiger partial charge in [-0.25, -0.2) is 9.67 Å². The first-order chi connectivity index (χ1) is 15.6. The Balaban J connectivity index is 1.56. The molecule has 0 bridgehead atoms. The molecule has 0 unspecified atom stereocenters. The second-order valence-electron chi connectivity index (χ2n) is 8.13. The van der Waals surface area contributed by atoms with E-state index in [2.05, 4.69) is 47.7 Å². The van der Waals surface area contributed by atoms with Crippen LogP contribution in [0.1, 0.15) is 30.0 Å². The number of aryl methyl sites for hydroxylation is 2. The summed E-state index contributed by atoms with van der Waals surface area (Å²) in [5, 5.41) is 22.1. The van der Waals surface area contributed by atoms with Crippen molar-refractivity contribution < 1.29 is 9.84 Å². The molecular weight excluding hydrogens is 404 g/mol. The van der Waals surface area contributed by atoms with Gasteiger partial charge in [0.05, 0.1) is 11.4 Å². The van der Waals surface area contributed by atoms with Gasteiger partial charge in [0.25, 0.3) is 0 Å². The summed E-state index contributed by atoms with van der Waals surface area (Å²) in [5.41, 5.74) is 4.95. The standard InChI is InChI=1S/C24H26N6O2/c1-15-4-3-5-16(2)21(15)27-22-20-14-25-24(26-17-6-8-19(31)9-7-17)28-23(20)30(29-22)18-10-12-32-13-11-18/h3-9,14,18,31H,10-13H2,1-2H3,(H,27,29)(H,25,26,28). The molecule has 5 rings (SSSR count). The third-order valence-electron chi connectivity index (χ3n) is 5.83. The van der Waals surface area contributed by atoms with Crippen LogP contribution in [0.25, 0.3) is 11.0 Å². The Morgan fingerprint density at radius 1 is 1.00 bits per heavy atom. The van der Waals surface area contributed by atoms with Crippen molar-refractivity contribution in [2.75, 3.05) is 23.8 Å². The van der Waals surface area contributed by atoms with Crippen LogP contribution >= 0.6 is 0 Å². The van der Waals surface area contributed by atoms with E-state index in [9.17, 15) is 5.11 Å². The van der Waals surface area contributed by atoms with Gasteiger partial charge in [-0.3, -0.25) is 0 Å². The van der Waals surface area contributed by atoms with E-state index in [-0.39, 0.29) is 11.8 Å². The van der Waals surface area contributed by atoms with Crippen LogP contribution in [0, 0.1) is 13.8 Å². The first-order valence-electron chi connectivity index (χ1n) is 10.8. The Morgan fingerprint density at radius 3 is 2.44 bits per heavy atom. The van der Waals surface area contributed by atoms with Gasteiger partial charge in [-0.2, -0.15) is 10.1 Å². The van der Waals surface area contributed by atoms with Crippen LogP contribution in [-0.2, 0) is 4.74 Å². The molecule has 164 valence electrons. The van der Waals surface area contributed by atoms with Gasteiger partial charge in [-0.05, 0) is 62.1 Å². The van der Waals surface area contributed by atoms with Crippen LogP contribution in [0.3, 0.4) is 0 Å². The summed E-state index contributed by atoms with van der Waals surface area (Å²) in [6.45, 7) is 5.61. The van der Waals surface area contributed by atoms with Gasteiger partial charge in [0.15, 0.2) is 11.5 Å². The summed E-state index contributed by atoms with van der Waals surface area (Å²) in [6.07, 6.45) is 3.60. The molecule has 3 heterocycles. The number of fused-ring (bicyclic) bond motifs is 1. The highest BCUT2D eigenvalue weighted by atomic mass is 16.5. The molecule has 32 heavy (non-hydrogen) atoms. The van der Waals surface area contributed by atoms with Crippen LogP contribution in [0.4, 0.5) is 23.1 Å². The minimum Gasteiger partial charge on any atom is -0.508 e. The van der Waals surface area contributed by atoms with Crippen molar-refractivity contribution in [2.45, 2.75) is 32.7 Å². The molecule has 1 fully saturated rings. The van der Waals surface area contributed by atoms with Crippen molar-refractivity contribution in [1.29, 1.82) is 0 Å². The van der Waals surface area contributed by atoms with E-state index < -0.39 is 0 Å². The molecular formula is C24H26N6O2. The molecule has 0 saturated carbocycles. The van der Waals surface area contributed by atoms with E-state index >= 15 is 0 Å². The lowest BCUT2D eigenvalue weighted by Crippen LogP contribution is -2.21. The molecule has 0 aliphatic carbocycles. The maximum absolute atomic E-state index is 9.52. The fourth-order valence-corrected chi connectivity index (χ4v) is 4.06. The monoisotopic (exact) mass is 430 g/mol. The summed E-state index contributed by atoms with van der Waals surface area (Å²) >= 11 is 0. The van der Waals surface area contributed by atoms with Crippen molar-refractivity contribution in [1.82, 2.24) is 19.7 Å². The number of benzene rings is 2. The van der Waals surface area contributed by atoms with E-state index in [0.717, 1.165) is 65.4 Å². The number of aromatic hydroxyl groups is 1. The zero-order valence-electron chi connectivity index (χ0n) is 18.2. The quantitative estimate of drug-likeness (QED) is 0.384. The topological polar surface area (TPSA) is 97.1 Å². The zero-order valence-corrected chi connectivity index (χ0v) is 18.2. The lowest BCUT2D eigenvalue weighted by atomic mass is 10.1. The minimum absolute atomic E-state index is 0.215. The van der Waals surface area contributed by atoms with Crippen LogP contribution in [0.15, 0.2) is 48.7 Å². The Bertz CT molecular complexity index is 1230. The highest BCUT2D eigenvalue weighted by Crippen LogP contribution is 2.32. The number of aromatic nitrogens is 4. The number of nitrogens with one attached hydrogen (secondary N) is 2. The minimum atomic E-state index is 0.215. The number of hydrogen-bond acceptors (Lipinski definition) is 7. The molecule has 1 saturated heterocycles. The number of nitrogens with zero attached hydrogens (tertiary/aromatic N) is 4. The predicted octanol–water partition coefficient (Wildman–Crippen LogP) is 4.99.